The maximum absolute atomic E-state index is 12.6. The van der Waals surface area contributed by atoms with E-state index in [4.69, 9.17) is 0 Å². The highest BCUT2D eigenvalue weighted by atomic mass is 16.2. The van der Waals surface area contributed by atoms with Crippen LogP contribution in [0, 0.1) is 13.8 Å². The van der Waals surface area contributed by atoms with E-state index in [9.17, 15) is 4.79 Å². The SMILES string of the molecule is CC(=O)N(Cc1ccccc1)/C(=C\c1ccccc1)c1ccc(C)cc1C. The fourth-order valence-corrected chi connectivity index (χ4v) is 3.24. The van der Waals surface area contributed by atoms with Gasteiger partial charge in [0.2, 0.25) is 5.91 Å². The van der Waals surface area contributed by atoms with Crippen LogP contribution < -0.4 is 0 Å². The monoisotopic (exact) mass is 355 g/mol. The van der Waals surface area contributed by atoms with Crippen molar-refractivity contribution in [3.8, 4) is 0 Å². The van der Waals surface area contributed by atoms with E-state index in [1.807, 2.05) is 41.3 Å². The Kier molecular flexibility index (Phi) is 5.87. The third-order valence-corrected chi connectivity index (χ3v) is 4.62. The molecular weight excluding hydrogens is 330 g/mol. The van der Waals surface area contributed by atoms with E-state index in [-0.39, 0.29) is 5.91 Å². The zero-order valence-electron chi connectivity index (χ0n) is 16.1. The van der Waals surface area contributed by atoms with E-state index in [0.29, 0.717) is 6.54 Å². The summed E-state index contributed by atoms with van der Waals surface area (Å²) >= 11 is 0. The number of nitrogens with zero attached hydrogens (tertiary/aromatic N) is 1. The summed E-state index contributed by atoms with van der Waals surface area (Å²) in [6.45, 7) is 6.36. The van der Waals surface area contributed by atoms with Crippen molar-refractivity contribution >= 4 is 17.7 Å². The standard InChI is InChI=1S/C25H25NO/c1-19-14-15-24(20(2)16-19)25(17-22-10-6-4-7-11-22)26(21(3)27)18-23-12-8-5-9-13-23/h4-17H,18H2,1-3H3/b25-17-. The highest BCUT2D eigenvalue weighted by molar-refractivity contribution is 5.92. The van der Waals surface area contributed by atoms with E-state index in [2.05, 4.69) is 62.4 Å². The normalized spacial score (nSPS) is 11.3. The van der Waals surface area contributed by atoms with Gasteiger partial charge in [-0.05, 0) is 36.6 Å². The Labute approximate surface area is 161 Å². The van der Waals surface area contributed by atoms with Gasteiger partial charge in [-0.15, -0.1) is 0 Å². The quantitative estimate of drug-likeness (QED) is 0.526. The highest BCUT2D eigenvalue weighted by Crippen LogP contribution is 2.28. The van der Waals surface area contributed by atoms with Crippen LogP contribution in [0.15, 0.2) is 78.9 Å². The van der Waals surface area contributed by atoms with Crippen LogP contribution in [0.2, 0.25) is 0 Å². The molecule has 0 aliphatic rings. The fraction of sp³-hybridized carbons (Fsp3) is 0.160. The Morgan fingerprint density at radius 1 is 0.889 bits per heavy atom. The van der Waals surface area contributed by atoms with Crippen molar-refractivity contribution in [2.75, 3.05) is 0 Å². The summed E-state index contributed by atoms with van der Waals surface area (Å²) in [7, 11) is 0. The van der Waals surface area contributed by atoms with Gasteiger partial charge >= 0.3 is 0 Å². The van der Waals surface area contributed by atoms with Crippen LogP contribution in [0.25, 0.3) is 11.8 Å². The Morgan fingerprint density at radius 2 is 1.52 bits per heavy atom. The first-order chi connectivity index (χ1) is 13.0. The van der Waals surface area contributed by atoms with Crippen LogP contribution in [0.1, 0.15) is 34.7 Å². The molecule has 3 aromatic carbocycles. The van der Waals surface area contributed by atoms with Crippen molar-refractivity contribution in [2.24, 2.45) is 0 Å². The molecule has 0 aromatic heterocycles. The van der Waals surface area contributed by atoms with E-state index in [0.717, 1.165) is 28.0 Å². The van der Waals surface area contributed by atoms with Gasteiger partial charge in [0.25, 0.3) is 0 Å². The summed E-state index contributed by atoms with van der Waals surface area (Å²) in [5, 5.41) is 0. The van der Waals surface area contributed by atoms with Gasteiger partial charge in [0.1, 0.15) is 0 Å². The van der Waals surface area contributed by atoms with E-state index < -0.39 is 0 Å². The van der Waals surface area contributed by atoms with Crippen molar-refractivity contribution in [1.82, 2.24) is 4.90 Å². The molecule has 0 saturated heterocycles. The van der Waals surface area contributed by atoms with Crippen molar-refractivity contribution in [1.29, 1.82) is 0 Å². The van der Waals surface area contributed by atoms with Crippen molar-refractivity contribution in [3.05, 3.63) is 107 Å². The van der Waals surface area contributed by atoms with Gasteiger partial charge in [-0.25, -0.2) is 0 Å². The molecule has 0 saturated carbocycles. The number of hydrogen-bond donors (Lipinski definition) is 0. The van der Waals surface area contributed by atoms with Crippen LogP contribution in [0.5, 0.6) is 0 Å². The van der Waals surface area contributed by atoms with Gasteiger partial charge in [0, 0.05) is 12.5 Å². The molecule has 0 bridgehead atoms. The van der Waals surface area contributed by atoms with Crippen LogP contribution in [-0.4, -0.2) is 10.8 Å². The zero-order chi connectivity index (χ0) is 19.2. The van der Waals surface area contributed by atoms with Crippen molar-refractivity contribution in [2.45, 2.75) is 27.3 Å². The molecule has 2 nitrogen and oxygen atoms in total. The molecule has 0 unspecified atom stereocenters. The average Bonchev–Trinajstić information content (AvgIpc) is 2.66. The van der Waals surface area contributed by atoms with Gasteiger partial charge in [-0.2, -0.15) is 0 Å². The zero-order valence-corrected chi connectivity index (χ0v) is 16.1. The maximum Gasteiger partial charge on any atom is 0.224 e. The average molecular weight is 355 g/mol. The minimum absolute atomic E-state index is 0.0287. The van der Waals surface area contributed by atoms with Crippen LogP contribution >= 0.6 is 0 Å². The molecule has 0 fully saturated rings. The molecule has 3 aromatic rings. The second kappa shape index (κ2) is 8.50. The number of carbonyl (C=O) groups excluding carboxylic acids is 1. The number of rotatable bonds is 5. The lowest BCUT2D eigenvalue weighted by molar-refractivity contribution is -0.126. The number of amides is 1. The van der Waals surface area contributed by atoms with E-state index in [1.54, 1.807) is 6.92 Å². The smallest absolute Gasteiger partial charge is 0.224 e. The highest BCUT2D eigenvalue weighted by Gasteiger charge is 2.18. The minimum Gasteiger partial charge on any atom is -0.308 e. The lowest BCUT2D eigenvalue weighted by Crippen LogP contribution is -2.27. The van der Waals surface area contributed by atoms with Crippen LogP contribution in [0.3, 0.4) is 0 Å². The second-order valence-corrected chi connectivity index (χ2v) is 6.85. The molecule has 0 N–H and O–H groups in total. The largest absolute Gasteiger partial charge is 0.308 e. The van der Waals surface area contributed by atoms with Crippen LogP contribution in [0.4, 0.5) is 0 Å². The maximum atomic E-state index is 12.6. The molecule has 0 aliphatic heterocycles. The number of hydrogen-bond acceptors (Lipinski definition) is 1. The Morgan fingerprint density at radius 3 is 2.11 bits per heavy atom. The Balaban J connectivity index is 2.12. The third-order valence-electron chi connectivity index (χ3n) is 4.62. The lowest BCUT2D eigenvalue weighted by atomic mass is 9.99. The van der Waals surface area contributed by atoms with Gasteiger partial charge < -0.3 is 4.90 Å². The summed E-state index contributed by atoms with van der Waals surface area (Å²) in [4.78, 5) is 14.5. The summed E-state index contributed by atoms with van der Waals surface area (Å²) < 4.78 is 0. The van der Waals surface area contributed by atoms with Crippen molar-refractivity contribution in [3.63, 3.8) is 0 Å². The molecule has 2 heteroatoms. The predicted molar refractivity (Wildman–Crippen MR) is 113 cm³/mol. The van der Waals surface area contributed by atoms with Gasteiger partial charge in [0.15, 0.2) is 0 Å². The first-order valence-electron chi connectivity index (χ1n) is 9.21. The number of carbonyl (C=O) groups is 1. The molecule has 3 rings (SSSR count). The lowest BCUT2D eigenvalue weighted by Gasteiger charge is -2.26. The van der Waals surface area contributed by atoms with Gasteiger partial charge in [-0.1, -0.05) is 84.4 Å². The summed E-state index contributed by atoms with van der Waals surface area (Å²) in [6, 6.07) is 26.6. The van der Waals surface area contributed by atoms with E-state index in [1.165, 1.54) is 5.56 Å². The summed E-state index contributed by atoms with van der Waals surface area (Å²) in [6.07, 6.45) is 2.10. The van der Waals surface area contributed by atoms with Crippen LogP contribution in [-0.2, 0) is 11.3 Å². The summed E-state index contributed by atoms with van der Waals surface area (Å²) in [5.74, 6) is 0.0287. The Bertz CT molecular complexity index is 943. The Hall–Kier alpha value is -3.13. The fourth-order valence-electron chi connectivity index (χ4n) is 3.24. The summed E-state index contributed by atoms with van der Waals surface area (Å²) in [5.41, 5.74) is 6.57. The first kappa shape index (κ1) is 18.7. The molecule has 0 radical (unpaired) electrons. The molecule has 136 valence electrons. The second-order valence-electron chi connectivity index (χ2n) is 6.85. The van der Waals surface area contributed by atoms with Gasteiger partial charge in [-0.3, -0.25) is 4.79 Å². The van der Waals surface area contributed by atoms with Crippen molar-refractivity contribution < 1.29 is 4.79 Å². The molecule has 0 spiro atoms. The first-order valence-corrected chi connectivity index (χ1v) is 9.21. The molecule has 0 atom stereocenters. The topological polar surface area (TPSA) is 20.3 Å². The molecule has 0 heterocycles. The number of aryl methyl sites for hydroxylation is 2. The molecular formula is C25H25NO. The predicted octanol–water partition coefficient (Wildman–Crippen LogP) is 5.85. The number of benzene rings is 3. The molecule has 1 amide bonds. The van der Waals surface area contributed by atoms with E-state index >= 15 is 0 Å². The third kappa shape index (κ3) is 4.73. The van der Waals surface area contributed by atoms with Gasteiger partial charge in [0.05, 0.1) is 12.2 Å². The minimum atomic E-state index is 0.0287. The molecule has 0 aliphatic carbocycles. The molecule has 27 heavy (non-hydrogen) atoms.